The standard InChI is InChI=1S/C23H20Cl2F5N3O/c1-12(2)20(34)33-10-21(27,11-33)14-5-3-13(4-6-14)18-9-22(32-31-18,23(28,29)30)15-7-16(24)19(26)17(25)8-15/h3-8,12,32H,9-11H2,1-2H3. The van der Waals surface area contributed by atoms with Gasteiger partial charge in [0.25, 0.3) is 0 Å². The van der Waals surface area contributed by atoms with E-state index in [0.29, 0.717) is 11.1 Å². The topological polar surface area (TPSA) is 44.7 Å². The van der Waals surface area contributed by atoms with Crippen LogP contribution in [-0.2, 0) is 16.0 Å². The minimum atomic E-state index is -4.82. The van der Waals surface area contributed by atoms with Crippen LogP contribution in [0.4, 0.5) is 22.0 Å². The molecule has 2 heterocycles. The van der Waals surface area contributed by atoms with E-state index in [2.05, 4.69) is 10.5 Å². The second-order valence-corrected chi connectivity index (χ2v) is 9.71. The van der Waals surface area contributed by atoms with Crippen LogP contribution >= 0.6 is 23.2 Å². The van der Waals surface area contributed by atoms with Gasteiger partial charge in [-0.05, 0) is 28.8 Å². The van der Waals surface area contributed by atoms with Gasteiger partial charge >= 0.3 is 6.18 Å². The number of benzene rings is 2. The van der Waals surface area contributed by atoms with Crippen molar-refractivity contribution in [2.24, 2.45) is 11.0 Å². The van der Waals surface area contributed by atoms with E-state index in [0.717, 1.165) is 12.1 Å². The van der Waals surface area contributed by atoms with E-state index in [1.165, 1.54) is 29.2 Å². The number of amides is 1. The predicted octanol–water partition coefficient (Wildman–Crippen LogP) is 5.95. The van der Waals surface area contributed by atoms with Crippen molar-refractivity contribution in [1.82, 2.24) is 10.3 Å². The summed E-state index contributed by atoms with van der Waals surface area (Å²) >= 11 is 11.5. The molecule has 1 fully saturated rings. The molecule has 0 saturated carbocycles. The Morgan fingerprint density at radius 1 is 1.09 bits per heavy atom. The molecule has 1 atom stereocenters. The van der Waals surface area contributed by atoms with Crippen LogP contribution in [0.1, 0.15) is 37.0 Å². The Morgan fingerprint density at radius 2 is 1.65 bits per heavy atom. The smallest absolute Gasteiger partial charge is 0.335 e. The largest absolute Gasteiger partial charge is 0.417 e. The average Bonchev–Trinajstić information content (AvgIpc) is 3.21. The first kappa shape index (κ1) is 24.7. The maximum atomic E-state index is 15.2. The molecule has 1 N–H and O–H groups in total. The lowest BCUT2D eigenvalue weighted by Crippen LogP contribution is -2.59. The molecular formula is C23H20Cl2F5N3O. The predicted molar refractivity (Wildman–Crippen MR) is 119 cm³/mol. The molecule has 2 aromatic rings. The van der Waals surface area contributed by atoms with Gasteiger partial charge in [0, 0.05) is 12.3 Å². The second-order valence-electron chi connectivity index (χ2n) is 8.90. The molecule has 0 spiro atoms. The lowest BCUT2D eigenvalue weighted by Gasteiger charge is -2.45. The maximum Gasteiger partial charge on any atom is 0.417 e. The van der Waals surface area contributed by atoms with Gasteiger partial charge in [0.05, 0.1) is 28.8 Å². The van der Waals surface area contributed by atoms with E-state index in [1.807, 2.05) is 0 Å². The van der Waals surface area contributed by atoms with E-state index >= 15 is 4.39 Å². The number of hydrazone groups is 1. The van der Waals surface area contributed by atoms with Gasteiger partial charge in [0.15, 0.2) is 17.0 Å². The third kappa shape index (κ3) is 4.02. The lowest BCUT2D eigenvalue weighted by atomic mass is 9.83. The Bertz CT molecular complexity index is 1140. The van der Waals surface area contributed by atoms with Crippen LogP contribution in [0.2, 0.25) is 10.0 Å². The number of rotatable bonds is 4. The quantitative estimate of drug-likeness (QED) is 0.400. The van der Waals surface area contributed by atoms with Gasteiger partial charge in [-0.3, -0.25) is 10.2 Å². The van der Waals surface area contributed by atoms with Gasteiger partial charge in [0.1, 0.15) is 0 Å². The van der Waals surface area contributed by atoms with Crippen LogP contribution in [-0.4, -0.2) is 35.8 Å². The Morgan fingerprint density at radius 3 is 2.15 bits per heavy atom. The first-order chi connectivity index (χ1) is 15.8. The zero-order chi connectivity index (χ0) is 25.1. The van der Waals surface area contributed by atoms with Crippen molar-refractivity contribution in [3.8, 4) is 0 Å². The summed E-state index contributed by atoms with van der Waals surface area (Å²) in [5.41, 5.74) is -1.82. The highest BCUT2D eigenvalue weighted by Gasteiger charge is 2.59. The minimum Gasteiger partial charge on any atom is -0.335 e. The molecule has 0 aromatic heterocycles. The molecule has 1 amide bonds. The van der Waals surface area contributed by atoms with Crippen molar-refractivity contribution in [3.63, 3.8) is 0 Å². The molecule has 0 radical (unpaired) electrons. The minimum absolute atomic E-state index is 0.0743. The first-order valence-electron chi connectivity index (χ1n) is 10.4. The van der Waals surface area contributed by atoms with Gasteiger partial charge in [-0.25, -0.2) is 8.78 Å². The summed E-state index contributed by atoms with van der Waals surface area (Å²) in [7, 11) is 0. The first-order valence-corrected chi connectivity index (χ1v) is 11.2. The van der Waals surface area contributed by atoms with Gasteiger partial charge in [-0.2, -0.15) is 18.3 Å². The third-order valence-corrected chi connectivity index (χ3v) is 6.75. The lowest BCUT2D eigenvalue weighted by molar-refractivity contribution is -0.196. The zero-order valence-electron chi connectivity index (χ0n) is 18.1. The van der Waals surface area contributed by atoms with Crippen molar-refractivity contribution in [1.29, 1.82) is 0 Å². The molecule has 2 aliphatic rings. The highest BCUT2D eigenvalue weighted by atomic mass is 35.5. The van der Waals surface area contributed by atoms with Crippen LogP contribution in [0.15, 0.2) is 41.5 Å². The van der Waals surface area contributed by atoms with Crippen molar-refractivity contribution < 1.29 is 26.7 Å². The highest BCUT2D eigenvalue weighted by molar-refractivity contribution is 6.35. The van der Waals surface area contributed by atoms with Crippen molar-refractivity contribution in [2.45, 2.75) is 37.7 Å². The summed E-state index contributed by atoms with van der Waals surface area (Å²) in [6.45, 7) is 3.32. The van der Waals surface area contributed by atoms with Gasteiger partial charge in [-0.1, -0.05) is 61.3 Å². The molecule has 34 heavy (non-hydrogen) atoms. The summed E-state index contributed by atoms with van der Waals surface area (Å²) in [6, 6.07) is 7.68. The van der Waals surface area contributed by atoms with Gasteiger partial charge < -0.3 is 4.90 Å². The van der Waals surface area contributed by atoms with Crippen molar-refractivity contribution >= 4 is 34.8 Å². The molecule has 182 valence electrons. The number of nitrogens with zero attached hydrogens (tertiary/aromatic N) is 2. The molecule has 1 saturated heterocycles. The summed E-state index contributed by atoms with van der Waals surface area (Å²) < 4.78 is 71.5. The molecule has 4 nitrogen and oxygen atoms in total. The number of halogens is 7. The van der Waals surface area contributed by atoms with Crippen molar-refractivity contribution in [2.75, 3.05) is 13.1 Å². The number of nitrogens with one attached hydrogen (secondary N) is 1. The fourth-order valence-corrected chi connectivity index (χ4v) is 4.67. The van der Waals surface area contributed by atoms with Crippen LogP contribution in [0.5, 0.6) is 0 Å². The van der Waals surface area contributed by atoms with Gasteiger partial charge in [0.2, 0.25) is 5.91 Å². The molecule has 11 heteroatoms. The zero-order valence-corrected chi connectivity index (χ0v) is 19.6. The SMILES string of the molecule is CC(C)C(=O)N1CC(F)(c2ccc(C3=NNC(c4cc(Cl)c(F)c(Cl)c4)(C(F)(F)F)C3)cc2)C1. The normalized spacial score (nSPS) is 21.8. The van der Waals surface area contributed by atoms with E-state index in [1.54, 1.807) is 13.8 Å². The Hall–Kier alpha value is -2.39. The third-order valence-electron chi connectivity index (χ3n) is 6.20. The van der Waals surface area contributed by atoms with E-state index in [-0.39, 0.29) is 36.2 Å². The molecule has 0 aliphatic carbocycles. The number of likely N-dealkylation sites (tertiary alicyclic amines) is 1. The molecule has 0 bridgehead atoms. The molecule has 2 aliphatic heterocycles. The summed E-state index contributed by atoms with van der Waals surface area (Å²) in [6.07, 6.45) is -5.42. The molecule has 2 aromatic carbocycles. The summed E-state index contributed by atoms with van der Waals surface area (Å²) in [5.74, 6) is -1.38. The highest BCUT2D eigenvalue weighted by Crippen LogP contribution is 2.47. The summed E-state index contributed by atoms with van der Waals surface area (Å²) in [4.78, 5) is 13.4. The van der Waals surface area contributed by atoms with E-state index < -0.39 is 39.7 Å². The molecule has 1 unspecified atom stereocenters. The van der Waals surface area contributed by atoms with E-state index in [9.17, 15) is 22.4 Å². The van der Waals surface area contributed by atoms with Crippen LogP contribution < -0.4 is 5.43 Å². The average molecular weight is 520 g/mol. The molecule has 4 rings (SSSR count). The van der Waals surface area contributed by atoms with Gasteiger partial charge in [-0.15, -0.1) is 0 Å². The second kappa shape index (κ2) is 8.37. The van der Waals surface area contributed by atoms with Crippen LogP contribution in [0.3, 0.4) is 0 Å². The number of carbonyl (C=O) groups is 1. The number of hydrogen-bond acceptors (Lipinski definition) is 3. The van der Waals surface area contributed by atoms with Crippen molar-refractivity contribution in [3.05, 3.63) is 69.0 Å². The Balaban J connectivity index is 1.56. The Labute approximate surface area is 202 Å². The summed E-state index contributed by atoms with van der Waals surface area (Å²) in [5, 5.41) is 2.81. The number of alkyl halides is 4. The monoisotopic (exact) mass is 519 g/mol. The molecular weight excluding hydrogens is 500 g/mol. The van der Waals surface area contributed by atoms with Crippen LogP contribution in [0, 0.1) is 11.7 Å². The fourth-order valence-electron chi connectivity index (χ4n) is 4.18. The maximum absolute atomic E-state index is 15.2. The fraction of sp³-hybridized carbons (Fsp3) is 0.391. The number of carbonyl (C=O) groups excluding carboxylic acids is 1. The Kier molecular flexibility index (Phi) is 6.09. The van der Waals surface area contributed by atoms with Crippen LogP contribution in [0.25, 0.3) is 0 Å². The number of hydrogen-bond donors (Lipinski definition) is 1. The van der Waals surface area contributed by atoms with E-state index in [4.69, 9.17) is 23.2 Å².